The second-order valence-corrected chi connectivity index (χ2v) is 5.01. The van der Waals surface area contributed by atoms with Gasteiger partial charge in [0.15, 0.2) is 11.2 Å². The lowest BCUT2D eigenvalue weighted by molar-refractivity contribution is -0.177. The minimum atomic E-state index is -1.50. The van der Waals surface area contributed by atoms with E-state index in [9.17, 15) is 14.4 Å². The molecule has 5 nitrogen and oxygen atoms in total. The Kier molecular flexibility index (Phi) is 4.73. The molecule has 1 unspecified atom stereocenters. The Morgan fingerprint density at radius 3 is 2.62 bits per heavy atom. The van der Waals surface area contributed by atoms with E-state index >= 15 is 0 Å². The Bertz CT molecular complexity index is 537. The summed E-state index contributed by atoms with van der Waals surface area (Å²) in [5, 5.41) is 0. The SMILES string of the molecule is CCOC(=O)C1(CC(=O)c2ccccc2)CCCOC1=O. The number of cyclic esters (lactones) is 1. The molecule has 0 aromatic heterocycles. The molecule has 21 heavy (non-hydrogen) atoms. The van der Waals surface area contributed by atoms with E-state index in [4.69, 9.17) is 9.47 Å². The van der Waals surface area contributed by atoms with E-state index in [1.807, 2.05) is 0 Å². The molecule has 0 amide bonds. The molecule has 1 aliphatic rings. The van der Waals surface area contributed by atoms with Crippen LogP contribution in [-0.2, 0) is 19.1 Å². The van der Waals surface area contributed by atoms with Gasteiger partial charge >= 0.3 is 11.9 Å². The first-order valence-electron chi connectivity index (χ1n) is 7.03. The smallest absolute Gasteiger partial charge is 0.323 e. The van der Waals surface area contributed by atoms with Crippen LogP contribution in [0.1, 0.15) is 36.5 Å². The molecule has 1 heterocycles. The average Bonchev–Trinajstić information content (AvgIpc) is 2.50. The van der Waals surface area contributed by atoms with Gasteiger partial charge < -0.3 is 9.47 Å². The van der Waals surface area contributed by atoms with E-state index in [0.717, 1.165) is 0 Å². The highest BCUT2D eigenvalue weighted by Crippen LogP contribution is 2.36. The third-order valence-corrected chi connectivity index (χ3v) is 3.60. The molecule has 1 atom stereocenters. The van der Waals surface area contributed by atoms with Gasteiger partial charge in [-0.3, -0.25) is 14.4 Å². The highest BCUT2D eigenvalue weighted by Gasteiger charge is 2.51. The number of hydrogen-bond donors (Lipinski definition) is 0. The minimum Gasteiger partial charge on any atom is -0.465 e. The van der Waals surface area contributed by atoms with Crippen LogP contribution in [0, 0.1) is 5.41 Å². The van der Waals surface area contributed by atoms with Crippen LogP contribution >= 0.6 is 0 Å². The molecule has 5 heteroatoms. The van der Waals surface area contributed by atoms with E-state index in [0.29, 0.717) is 12.0 Å². The first kappa shape index (κ1) is 15.2. The Balaban J connectivity index is 2.26. The van der Waals surface area contributed by atoms with Gasteiger partial charge in [0.25, 0.3) is 0 Å². The normalized spacial score (nSPS) is 21.5. The molecule has 2 rings (SSSR count). The molecule has 0 radical (unpaired) electrons. The summed E-state index contributed by atoms with van der Waals surface area (Å²) in [6.07, 6.45) is 0.616. The first-order valence-corrected chi connectivity index (χ1v) is 7.03. The number of ether oxygens (including phenoxy) is 2. The fourth-order valence-corrected chi connectivity index (χ4v) is 2.47. The lowest BCUT2D eigenvalue weighted by atomic mass is 9.76. The van der Waals surface area contributed by atoms with Gasteiger partial charge in [0, 0.05) is 12.0 Å². The molecule has 0 spiro atoms. The zero-order valence-electron chi connectivity index (χ0n) is 12.0. The standard InChI is InChI=1S/C16H18O5/c1-2-20-14(18)16(9-6-10-21-15(16)19)11-13(17)12-7-4-3-5-8-12/h3-5,7-8H,2,6,9-11H2,1H3. The molecule has 1 aromatic rings. The zero-order chi connectivity index (χ0) is 15.3. The van der Waals surface area contributed by atoms with Crippen molar-refractivity contribution in [3.63, 3.8) is 0 Å². The molecule has 0 saturated carbocycles. The Morgan fingerprint density at radius 2 is 2.00 bits per heavy atom. The van der Waals surface area contributed by atoms with Gasteiger partial charge in [-0.05, 0) is 19.8 Å². The van der Waals surface area contributed by atoms with Crippen LogP contribution in [0.3, 0.4) is 0 Å². The molecule has 112 valence electrons. The van der Waals surface area contributed by atoms with Crippen molar-refractivity contribution in [2.75, 3.05) is 13.2 Å². The monoisotopic (exact) mass is 290 g/mol. The third-order valence-electron chi connectivity index (χ3n) is 3.60. The van der Waals surface area contributed by atoms with Crippen LogP contribution in [0.15, 0.2) is 30.3 Å². The summed E-state index contributed by atoms with van der Waals surface area (Å²) in [5.74, 6) is -1.59. The molecule has 0 N–H and O–H groups in total. The van der Waals surface area contributed by atoms with E-state index in [1.165, 1.54) is 0 Å². The zero-order valence-corrected chi connectivity index (χ0v) is 12.0. The summed E-state index contributed by atoms with van der Waals surface area (Å²) in [6.45, 7) is 2.10. The molecular weight excluding hydrogens is 272 g/mol. The van der Waals surface area contributed by atoms with E-state index in [-0.39, 0.29) is 31.8 Å². The minimum absolute atomic E-state index is 0.160. The molecule has 1 aromatic carbocycles. The number of ketones is 1. The summed E-state index contributed by atoms with van der Waals surface area (Å²) in [4.78, 5) is 36.7. The van der Waals surface area contributed by atoms with Crippen LogP contribution in [0.2, 0.25) is 0 Å². The van der Waals surface area contributed by atoms with Crippen molar-refractivity contribution in [3.8, 4) is 0 Å². The van der Waals surface area contributed by atoms with E-state index in [2.05, 4.69) is 0 Å². The van der Waals surface area contributed by atoms with Crippen LogP contribution in [0.25, 0.3) is 0 Å². The summed E-state index contributed by atoms with van der Waals surface area (Å²) in [6, 6.07) is 8.60. The van der Waals surface area contributed by atoms with Crippen molar-refractivity contribution in [1.82, 2.24) is 0 Å². The van der Waals surface area contributed by atoms with Crippen LogP contribution in [-0.4, -0.2) is 30.9 Å². The second kappa shape index (κ2) is 6.52. The molecule has 1 saturated heterocycles. The lowest BCUT2D eigenvalue weighted by Crippen LogP contribution is -2.46. The Labute approximate surface area is 123 Å². The molecular formula is C16H18O5. The van der Waals surface area contributed by atoms with E-state index in [1.54, 1.807) is 37.3 Å². The van der Waals surface area contributed by atoms with Crippen molar-refractivity contribution in [2.24, 2.45) is 5.41 Å². The third kappa shape index (κ3) is 3.12. The molecule has 0 bridgehead atoms. The molecule has 1 fully saturated rings. The van der Waals surface area contributed by atoms with Crippen molar-refractivity contribution >= 4 is 17.7 Å². The average molecular weight is 290 g/mol. The Hall–Kier alpha value is -2.17. The van der Waals surface area contributed by atoms with Gasteiger partial charge in [-0.25, -0.2) is 0 Å². The molecule has 0 aliphatic carbocycles. The topological polar surface area (TPSA) is 69.7 Å². The summed E-state index contributed by atoms with van der Waals surface area (Å²) < 4.78 is 10.0. The number of hydrogen-bond acceptors (Lipinski definition) is 5. The fraction of sp³-hybridized carbons (Fsp3) is 0.438. The van der Waals surface area contributed by atoms with Crippen LogP contribution in [0.5, 0.6) is 0 Å². The van der Waals surface area contributed by atoms with Crippen molar-refractivity contribution in [3.05, 3.63) is 35.9 Å². The van der Waals surface area contributed by atoms with Gasteiger partial charge in [-0.2, -0.15) is 0 Å². The second-order valence-electron chi connectivity index (χ2n) is 5.01. The number of carbonyl (C=O) groups excluding carboxylic acids is 3. The van der Waals surface area contributed by atoms with Crippen molar-refractivity contribution in [2.45, 2.75) is 26.2 Å². The van der Waals surface area contributed by atoms with Crippen molar-refractivity contribution in [1.29, 1.82) is 0 Å². The van der Waals surface area contributed by atoms with Gasteiger partial charge in [0.2, 0.25) is 0 Å². The Morgan fingerprint density at radius 1 is 1.29 bits per heavy atom. The van der Waals surface area contributed by atoms with Gasteiger partial charge in [0.05, 0.1) is 13.2 Å². The van der Waals surface area contributed by atoms with Gasteiger partial charge in [-0.15, -0.1) is 0 Å². The number of esters is 2. The van der Waals surface area contributed by atoms with E-state index < -0.39 is 17.4 Å². The fourth-order valence-electron chi connectivity index (χ4n) is 2.47. The quantitative estimate of drug-likeness (QED) is 0.472. The highest BCUT2D eigenvalue weighted by molar-refractivity contribution is 6.07. The molecule has 1 aliphatic heterocycles. The number of rotatable bonds is 5. The largest absolute Gasteiger partial charge is 0.465 e. The van der Waals surface area contributed by atoms with Crippen LogP contribution < -0.4 is 0 Å². The maximum Gasteiger partial charge on any atom is 0.323 e. The predicted molar refractivity (Wildman–Crippen MR) is 74.6 cm³/mol. The summed E-state index contributed by atoms with van der Waals surface area (Å²) in [5.41, 5.74) is -1.03. The first-order chi connectivity index (χ1) is 10.1. The summed E-state index contributed by atoms with van der Waals surface area (Å²) in [7, 11) is 0. The summed E-state index contributed by atoms with van der Waals surface area (Å²) >= 11 is 0. The maximum atomic E-state index is 12.4. The highest BCUT2D eigenvalue weighted by atomic mass is 16.6. The lowest BCUT2D eigenvalue weighted by Gasteiger charge is -2.32. The maximum absolute atomic E-state index is 12.4. The van der Waals surface area contributed by atoms with Crippen LogP contribution in [0.4, 0.5) is 0 Å². The van der Waals surface area contributed by atoms with Gasteiger partial charge in [0.1, 0.15) is 0 Å². The number of carbonyl (C=O) groups is 3. The number of benzene rings is 1. The predicted octanol–water partition coefficient (Wildman–Crippen LogP) is 2.15. The van der Waals surface area contributed by atoms with Crippen molar-refractivity contribution < 1.29 is 23.9 Å². The number of Topliss-reactive ketones (excluding diaryl/α,β-unsaturated/α-hetero) is 1. The van der Waals surface area contributed by atoms with Gasteiger partial charge in [-0.1, -0.05) is 30.3 Å².